The highest BCUT2D eigenvalue weighted by Gasteiger charge is 2.34. The second-order valence-electron chi connectivity index (χ2n) is 5.65. The molecule has 0 spiro atoms. The SMILES string of the molecule is c1ccc([C@@H]2CC[C@H]2c2cncc3ccccc23)cc1. The molecule has 0 aliphatic heterocycles. The van der Waals surface area contributed by atoms with Gasteiger partial charge in [0.25, 0.3) is 0 Å². The van der Waals surface area contributed by atoms with Gasteiger partial charge in [-0.05, 0) is 41.2 Å². The Morgan fingerprint density at radius 1 is 0.750 bits per heavy atom. The number of nitrogens with zero attached hydrogens (tertiary/aromatic N) is 1. The number of hydrogen-bond donors (Lipinski definition) is 0. The predicted molar refractivity (Wildman–Crippen MR) is 82.9 cm³/mol. The van der Waals surface area contributed by atoms with Gasteiger partial charge in [0.15, 0.2) is 0 Å². The standard InChI is InChI=1S/C19H17N/c1-2-6-14(7-3-1)17-10-11-18(17)19-13-20-12-15-8-4-5-9-16(15)19/h1-9,12-13,17-18H,10-11H2/t17-,18+/m0/s1. The zero-order valence-electron chi connectivity index (χ0n) is 11.4. The molecule has 0 amide bonds. The van der Waals surface area contributed by atoms with Crippen LogP contribution in [0.15, 0.2) is 67.0 Å². The fraction of sp³-hybridized carbons (Fsp3) is 0.211. The molecular weight excluding hydrogens is 242 g/mol. The maximum absolute atomic E-state index is 4.44. The summed E-state index contributed by atoms with van der Waals surface area (Å²) in [5.41, 5.74) is 2.89. The highest BCUT2D eigenvalue weighted by Crippen LogP contribution is 2.50. The van der Waals surface area contributed by atoms with Gasteiger partial charge in [-0.25, -0.2) is 0 Å². The Labute approximate surface area is 119 Å². The summed E-state index contributed by atoms with van der Waals surface area (Å²) in [5.74, 6) is 1.28. The average Bonchev–Trinajstić information content (AvgIpc) is 2.48. The Kier molecular flexibility index (Phi) is 2.77. The van der Waals surface area contributed by atoms with Crippen LogP contribution >= 0.6 is 0 Å². The predicted octanol–water partition coefficient (Wildman–Crippen LogP) is 4.90. The van der Waals surface area contributed by atoms with Gasteiger partial charge in [-0.15, -0.1) is 0 Å². The minimum Gasteiger partial charge on any atom is -0.264 e. The van der Waals surface area contributed by atoms with Crippen molar-refractivity contribution in [2.75, 3.05) is 0 Å². The number of aromatic nitrogens is 1. The number of hydrogen-bond acceptors (Lipinski definition) is 1. The monoisotopic (exact) mass is 259 g/mol. The zero-order chi connectivity index (χ0) is 13.4. The lowest BCUT2D eigenvalue weighted by Gasteiger charge is -2.38. The number of benzene rings is 2. The molecule has 1 saturated carbocycles. The van der Waals surface area contributed by atoms with Crippen LogP contribution in [-0.4, -0.2) is 4.98 Å². The molecular formula is C19H17N. The number of pyridine rings is 1. The molecule has 20 heavy (non-hydrogen) atoms. The van der Waals surface area contributed by atoms with Crippen molar-refractivity contribution in [2.24, 2.45) is 0 Å². The summed E-state index contributed by atoms with van der Waals surface area (Å²) < 4.78 is 0. The van der Waals surface area contributed by atoms with E-state index in [9.17, 15) is 0 Å². The molecule has 0 saturated heterocycles. The maximum Gasteiger partial charge on any atom is 0.0346 e. The van der Waals surface area contributed by atoms with Crippen molar-refractivity contribution in [1.82, 2.24) is 4.98 Å². The minimum absolute atomic E-state index is 0.621. The van der Waals surface area contributed by atoms with E-state index < -0.39 is 0 Å². The van der Waals surface area contributed by atoms with Crippen molar-refractivity contribution in [1.29, 1.82) is 0 Å². The summed E-state index contributed by atoms with van der Waals surface area (Å²) in [6.45, 7) is 0. The lowest BCUT2D eigenvalue weighted by Crippen LogP contribution is -2.22. The van der Waals surface area contributed by atoms with Gasteiger partial charge in [0, 0.05) is 17.8 Å². The van der Waals surface area contributed by atoms with E-state index in [0.29, 0.717) is 11.8 Å². The van der Waals surface area contributed by atoms with Crippen molar-refractivity contribution in [3.05, 3.63) is 78.1 Å². The number of rotatable bonds is 2. The molecule has 98 valence electrons. The summed E-state index contributed by atoms with van der Waals surface area (Å²) in [4.78, 5) is 4.44. The van der Waals surface area contributed by atoms with Crippen LogP contribution < -0.4 is 0 Å². The third-order valence-corrected chi connectivity index (χ3v) is 4.60. The van der Waals surface area contributed by atoms with Crippen LogP contribution in [0.1, 0.15) is 35.8 Å². The Hall–Kier alpha value is -2.15. The van der Waals surface area contributed by atoms with Crippen molar-refractivity contribution in [3.8, 4) is 0 Å². The Morgan fingerprint density at radius 2 is 1.50 bits per heavy atom. The van der Waals surface area contributed by atoms with Gasteiger partial charge in [-0.2, -0.15) is 0 Å². The van der Waals surface area contributed by atoms with Crippen LogP contribution in [0.2, 0.25) is 0 Å². The normalized spacial score (nSPS) is 21.6. The summed E-state index contributed by atoms with van der Waals surface area (Å²) >= 11 is 0. The van der Waals surface area contributed by atoms with E-state index in [-0.39, 0.29) is 0 Å². The van der Waals surface area contributed by atoms with Gasteiger partial charge in [-0.3, -0.25) is 4.98 Å². The van der Waals surface area contributed by atoms with Gasteiger partial charge < -0.3 is 0 Å². The van der Waals surface area contributed by atoms with Crippen molar-refractivity contribution < 1.29 is 0 Å². The van der Waals surface area contributed by atoms with Crippen molar-refractivity contribution >= 4 is 10.8 Å². The molecule has 0 bridgehead atoms. The molecule has 1 fully saturated rings. The molecule has 1 aromatic heterocycles. The van der Waals surface area contributed by atoms with E-state index in [0.717, 1.165) is 0 Å². The Balaban J connectivity index is 1.77. The van der Waals surface area contributed by atoms with Gasteiger partial charge in [-0.1, -0.05) is 54.6 Å². The van der Waals surface area contributed by atoms with Crippen molar-refractivity contribution in [2.45, 2.75) is 24.7 Å². The van der Waals surface area contributed by atoms with Crippen LogP contribution in [0.5, 0.6) is 0 Å². The molecule has 0 unspecified atom stereocenters. The van der Waals surface area contributed by atoms with E-state index in [1.807, 2.05) is 6.20 Å². The average molecular weight is 259 g/mol. The van der Waals surface area contributed by atoms with Crippen LogP contribution in [0, 0.1) is 0 Å². The minimum atomic E-state index is 0.621. The first-order valence-corrected chi connectivity index (χ1v) is 7.31. The first kappa shape index (κ1) is 11.7. The fourth-order valence-corrected chi connectivity index (χ4v) is 3.41. The second-order valence-corrected chi connectivity index (χ2v) is 5.65. The van der Waals surface area contributed by atoms with Crippen LogP contribution in [0.25, 0.3) is 10.8 Å². The second kappa shape index (κ2) is 4.75. The van der Waals surface area contributed by atoms with E-state index in [1.54, 1.807) is 0 Å². The summed E-state index contributed by atoms with van der Waals surface area (Å²) in [6, 6.07) is 19.5. The third kappa shape index (κ3) is 1.82. The highest BCUT2D eigenvalue weighted by molar-refractivity contribution is 5.85. The molecule has 2 aromatic carbocycles. The lowest BCUT2D eigenvalue weighted by atomic mass is 9.66. The molecule has 4 rings (SSSR count). The van der Waals surface area contributed by atoms with Crippen molar-refractivity contribution in [3.63, 3.8) is 0 Å². The zero-order valence-corrected chi connectivity index (χ0v) is 11.4. The van der Waals surface area contributed by atoms with Crippen LogP contribution in [0.3, 0.4) is 0 Å². The summed E-state index contributed by atoms with van der Waals surface area (Å²) in [7, 11) is 0. The van der Waals surface area contributed by atoms with Gasteiger partial charge >= 0.3 is 0 Å². The first-order chi connectivity index (χ1) is 9.93. The molecule has 1 heteroatoms. The van der Waals surface area contributed by atoms with Gasteiger partial charge in [0.2, 0.25) is 0 Å². The third-order valence-electron chi connectivity index (χ3n) is 4.60. The topological polar surface area (TPSA) is 12.9 Å². The quantitative estimate of drug-likeness (QED) is 0.638. The molecule has 1 aliphatic rings. The lowest BCUT2D eigenvalue weighted by molar-refractivity contribution is 0.348. The smallest absolute Gasteiger partial charge is 0.0346 e. The molecule has 3 aromatic rings. The summed E-state index contributed by atoms with van der Waals surface area (Å²) in [6.07, 6.45) is 6.60. The van der Waals surface area contributed by atoms with Crippen LogP contribution in [-0.2, 0) is 0 Å². The molecule has 1 nitrogen and oxygen atoms in total. The largest absolute Gasteiger partial charge is 0.264 e. The number of fused-ring (bicyclic) bond motifs is 1. The van der Waals surface area contributed by atoms with E-state index in [2.05, 4.69) is 65.8 Å². The fourth-order valence-electron chi connectivity index (χ4n) is 3.41. The molecule has 2 atom stereocenters. The Morgan fingerprint density at radius 3 is 2.30 bits per heavy atom. The molecule has 1 heterocycles. The molecule has 0 N–H and O–H groups in total. The maximum atomic E-state index is 4.44. The van der Waals surface area contributed by atoms with Gasteiger partial charge in [0.05, 0.1) is 0 Å². The molecule has 0 radical (unpaired) electrons. The van der Waals surface area contributed by atoms with Crippen LogP contribution in [0.4, 0.5) is 0 Å². The van der Waals surface area contributed by atoms with E-state index >= 15 is 0 Å². The van der Waals surface area contributed by atoms with E-state index in [1.165, 1.54) is 34.7 Å². The Bertz CT molecular complexity index is 728. The highest BCUT2D eigenvalue weighted by atomic mass is 14.6. The first-order valence-electron chi connectivity index (χ1n) is 7.31. The van der Waals surface area contributed by atoms with E-state index in [4.69, 9.17) is 0 Å². The van der Waals surface area contributed by atoms with Gasteiger partial charge in [0.1, 0.15) is 0 Å². The molecule has 1 aliphatic carbocycles. The summed E-state index contributed by atoms with van der Waals surface area (Å²) in [5, 5.41) is 2.62.